The lowest BCUT2D eigenvalue weighted by molar-refractivity contribution is -0.116. The first-order valence-corrected chi connectivity index (χ1v) is 7.72. The first-order valence-electron chi connectivity index (χ1n) is 6.84. The molecule has 0 unspecified atom stereocenters. The van der Waals surface area contributed by atoms with Crippen molar-refractivity contribution in [3.05, 3.63) is 52.2 Å². The van der Waals surface area contributed by atoms with Gasteiger partial charge in [0.1, 0.15) is 0 Å². The molecule has 0 fully saturated rings. The molecule has 0 saturated heterocycles. The molecule has 21 heavy (non-hydrogen) atoms. The van der Waals surface area contributed by atoms with Crippen LogP contribution in [0.4, 0.5) is 5.69 Å². The van der Waals surface area contributed by atoms with Gasteiger partial charge < -0.3 is 10.6 Å². The van der Waals surface area contributed by atoms with Gasteiger partial charge in [0, 0.05) is 18.7 Å². The van der Waals surface area contributed by atoms with Gasteiger partial charge in [-0.15, -0.1) is 11.3 Å². The number of aryl methyl sites for hydroxylation is 1. The van der Waals surface area contributed by atoms with Gasteiger partial charge in [-0.05, 0) is 36.4 Å². The zero-order chi connectivity index (χ0) is 15.1. The Kier molecular flexibility index (Phi) is 5.51. The molecule has 5 heteroatoms. The minimum Gasteiger partial charge on any atom is -0.351 e. The van der Waals surface area contributed by atoms with Gasteiger partial charge in [-0.2, -0.15) is 0 Å². The maximum atomic E-state index is 11.8. The van der Waals surface area contributed by atoms with Gasteiger partial charge >= 0.3 is 0 Å². The summed E-state index contributed by atoms with van der Waals surface area (Å²) < 4.78 is 0. The molecule has 1 aromatic carbocycles. The summed E-state index contributed by atoms with van der Waals surface area (Å²) in [6.45, 7) is 2.45. The maximum Gasteiger partial charge on any atom is 0.261 e. The van der Waals surface area contributed by atoms with Gasteiger partial charge in [0.25, 0.3) is 5.91 Å². The molecule has 1 aromatic heterocycles. The van der Waals surface area contributed by atoms with Crippen LogP contribution in [0.25, 0.3) is 0 Å². The van der Waals surface area contributed by atoms with E-state index in [9.17, 15) is 9.59 Å². The van der Waals surface area contributed by atoms with Gasteiger partial charge in [0.05, 0.1) is 4.88 Å². The molecule has 2 rings (SSSR count). The van der Waals surface area contributed by atoms with Gasteiger partial charge in [-0.3, -0.25) is 9.59 Å². The Balaban J connectivity index is 1.68. The topological polar surface area (TPSA) is 58.2 Å². The first-order chi connectivity index (χ1) is 10.2. The molecule has 0 atom stereocenters. The van der Waals surface area contributed by atoms with E-state index in [4.69, 9.17) is 0 Å². The average molecular weight is 302 g/mol. The van der Waals surface area contributed by atoms with Crippen molar-refractivity contribution in [2.75, 3.05) is 11.9 Å². The Labute approximate surface area is 128 Å². The number of para-hydroxylation sites is 1. The molecule has 2 aromatic rings. The highest BCUT2D eigenvalue weighted by Gasteiger charge is 2.07. The van der Waals surface area contributed by atoms with E-state index in [1.807, 2.05) is 42.6 Å². The predicted molar refractivity (Wildman–Crippen MR) is 85.7 cm³/mol. The lowest BCUT2D eigenvalue weighted by Gasteiger charge is -2.08. The number of carbonyl (C=O) groups excluding carboxylic acids is 2. The van der Waals surface area contributed by atoms with Gasteiger partial charge in [-0.1, -0.05) is 24.3 Å². The molecule has 0 radical (unpaired) electrons. The second-order valence-corrected chi connectivity index (χ2v) is 5.65. The van der Waals surface area contributed by atoms with Crippen molar-refractivity contribution < 1.29 is 9.59 Å². The van der Waals surface area contributed by atoms with Crippen LogP contribution in [0.3, 0.4) is 0 Å². The quantitative estimate of drug-likeness (QED) is 0.805. The Morgan fingerprint density at radius 3 is 2.67 bits per heavy atom. The third-order valence-electron chi connectivity index (χ3n) is 3.03. The zero-order valence-electron chi connectivity index (χ0n) is 11.9. The first kappa shape index (κ1) is 15.3. The summed E-state index contributed by atoms with van der Waals surface area (Å²) in [6, 6.07) is 11.3. The van der Waals surface area contributed by atoms with Crippen LogP contribution in [0.2, 0.25) is 0 Å². The third kappa shape index (κ3) is 4.72. The minimum atomic E-state index is -0.0793. The Morgan fingerprint density at radius 2 is 1.95 bits per heavy atom. The van der Waals surface area contributed by atoms with Gasteiger partial charge in [0.15, 0.2) is 0 Å². The molecule has 0 aliphatic heterocycles. The van der Waals surface area contributed by atoms with Crippen LogP contribution in [-0.2, 0) is 4.79 Å². The van der Waals surface area contributed by atoms with Crippen LogP contribution in [0, 0.1) is 6.92 Å². The highest BCUT2D eigenvalue weighted by atomic mass is 32.1. The number of benzene rings is 1. The molecular formula is C16H18N2O2S. The lowest BCUT2D eigenvalue weighted by atomic mass is 10.2. The molecule has 0 aliphatic rings. The van der Waals surface area contributed by atoms with Crippen molar-refractivity contribution in [1.29, 1.82) is 0 Å². The molecule has 2 N–H and O–H groups in total. The van der Waals surface area contributed by atoms with Crippen molar-refractivity contribution in [3.8, 4) is 0 Å². The average Bonchev–Trinajstić information content (AvgIpc) is 3.00. The van der Waals surface area contributed by atoms with E-state index >= 15 is 0 Å². The highest BCUT2D eigenvalue weighted by molar-refractivity contribution is 7.12. The number of thiophene rings is 1. The smallest absolute Gasteiger partial charge is 0.261 e. The number of carbonyl (C=O) groups is 2. The predicted octanol–water partition coefficient (Wildman–Crippen LogP) is 3.21. The van der Waals surface area contributed by atoms with Crippen LogP contribution >= 0.6 is 11.3 Å². The maximum absolute atomic E-state index is 11.8. The Bertz CT molecular complexity index is 608. The molecule has 0 saturated carbocycles. The van der Waals surface area contributed by atoms with Crippen LogP contribution in [0.15, 0.2) is 41.8 Å². The van der Waals surface area contributed by atoms with E-state index in [1.54, 1.807) is 6.07 Å². The molecule has 0 bridgehead atoms. The molecule has 0 aliphatic carbocycles. The summed E-state index contributed by atoms with van der Waals surface area (Å²) in [4.78, 5) is 24.2. The van der Waals surface area contributed by atoms with E-state index in [2.05, 4.69) is 10.6 Å². The standard InChI is InChI=1S/C16H18N2O2S/c1-12-6-2-3-7-13(12)18-15(19)9-4-10-17-16(20)14-8-5-11-21-14/h2-3,5-8,11H,4,9-10H2,1H3,(H,17,20)(H,18,19). The van der Waals surface area contributed by atoms with Gasteiger partial charge in [-0.25, -0.2) is 0 Å². The monoisotopic (exact) mass is 302 g/mol. The SMILES string of the molecule is Cc1ccccc1NC(=O)CCCNC(=O)c1cccs1. The van der Waals surface area contributed by atoms with E-state index in [0.29, 0.717) is 24.3 Å². The van der Waals surface area contributed by atoms with Crippen LogP contribution in [0.1, 0.15) is 28.1 Å². The molecule has 2 amide bonds. The summed E-state index contributed by atoms with van der Waals surface area (Å²) in [7, 11) is 0. The summed E-state index contributed by atoms with van der Waals surface area (Å²) in [6.07, 6.45) is 1.01. The summed E-state index contributed by atoms with van der Waals surface area (Å²) in [5.41, 5.74) is 1.88. The zero-order valence-corrected chi connectivity index (χ0v) is 12.7. The fraction of sp³-hybridized carbons (Fsp3) is 0.250. The second kappa shape index (κ2) is 7.59. The highest BCUT2D eigenvalue weighted by Crippen LogP contribution is 2.13. The second-order valence-electron chi connectivity index (χ2n) is 4.70. The lowest BCUT2D eigenvalue weighted by Crippen LogP contribution is -2.24. The van der Waals surface area contributed by atoms with Crippen molar-refractivity contribution >= 4 is 28.8 Å². The van der Waals surface area contributed by atoms with E-state index in [-0.39, 0.29) is 11.8 Å². The van der Waals surface area contributed by atoms with Crippen molar-refractivity contribution in [3.63, 3.8) is 0 Å². The van der Waals surface area contributed by atoms with Crippen LogP contribution in [-0.4, -0.2) is 18.4 Å². The Hall–Kier alpha value is -2.14. The number of hydrogen-bond donors (Lipinski definition) is 2. The number of amides is 2. The van der Waals surface area contributed by atoms with Crippen LogP contribution < -0.4 is 10.6 Å². The summed E-state index contributed by atoms with van der Waals surface area (Å²) in [5, 5.41) is 7.55. The number of nitrogens with one attached hydrogen (secondary N) is 2. The largest absolute Gasteiger partial charge is 0.351 e. The fourth-order valence-electron chi connectivity index (χ4n) is 1.87. The van der Waals surface area contributed by atoms with E-state index in [1.165, 1.54) is 11.3 Å². The number of anilines is 1. The fourth-order valence-corrected chi connectivity index (χ4v) is 2.51. The van der Waals surface area contributed by atoms with E-state index < -0.39 is 0 Å². The molecule has 110 valence electrons. The molecule has 4 nitrogen and oxygen atoms in total. The van der Waals surface area contributed by atoms with Crippen molar-refractivity contribution in [1.82, 2.24) is 5.32 Å². The minimum absolute atomic E-state index is 0.0327. The van der Waals surface area contributed by atoms with Crippen molar-refractivity contribution in [2.45, 2.75) is 19.8 Å². The molecular weight excluding hydrogens is 284 g/mol. The van der Waals surface area contributed by atoms with Crippen LogP contribution in [0.5, 0.6) is 0 Å². The van der Waals surface area contributed by atoms with E-state index in [0.717, 1.165) is 11.3 Å². The number of rotatable bonds is 6. The van der Waals surface area contributed by atoms with Gasteiger partial charge in [0.2, 0.25) is 5.91 Å². The normalized spacial score (nSPS) is 10.1. The summed E-state index contributed by atoms with van der Waals surface area (Å²) in [5.74, 6) is -0.112. The molecule has 1 heterocycles. The third-order valence-corrected chi connectivity index (χ3v) is 3.90. The van der Waals surface area contributed by atoms with Crippen molar-refractivity contribution in [2.24, 2.45) is 0 Å². The summed E-state index contributed by atoms with van der Waals surface area (Å²) >= 11 is 1.41. The Morgan fingerprint density at radius 1 is 1.14 bits per heavy atom. The number of hydrogen-bond acceptors (Lipinski definition) is 3. The molecule has 0 spiro atoms.